The van der Waals surface area contributed by atoms with Crippen LogP contribution in [0.3, 0.4) is 0 Å². The first-order valence-corrected chi connectivity index (χ1v) is 7.47. The Kier molecular flexibility index (Phi) is 5.05. The van der Waals surface area contributed by atoms with Crippen molar-refractivity contribution in [3.05, 3.63) is 35.1 Å². The Bertz CT molecular complexity index is 691. The molecule has 0 amide bonds. The number of rotatable bonds is 6. The van der Waals surface area contributed by atoms with E-state index in [4.69, 9.17) is 14.9 Å². The Hall–Kier alpha value is -2.48. The summed E-state index contributed by atoms with van der Waals surface area (Å²) in [6.45, 7) is 3.66. The zero-order chi connectivity index (χ0) is 16.1. The average molecular weight is 321 g/mol. The predicted octanol–water partition coefficient (Wildman–Crippen LogP) is 2.04. The molecule has 8 heteroatoms. The summed E-state index contributed by atoms with van der Waals surface area (Å²) >= 11 is 1.06. The molecule has 0 saturated heterocycles. The molecular formula is C14H15N3O4S. The van der Waals surface area contributed by atoms with Gasteiger partial charge in [-0.25, -0.2) is 14.6 Å². The third kappa shape index (κ3) is 3.22. The van der Waals surface area contributed by atoms with E-state index in [1.807, 2.05) is 12.1 Å². The van der Waals surface area contributed by atoms with Gasteiger partial charge in [-0.05, 0) is 26.0 Å². The zero-order valence-electron chi connectivity index (χ0n) is 12.2. The van der Waals surface area contributed by atoms with Crippen LogP contribution in [0.5, 0.6) is 0 Å². The molecule has 0 aromatic carbocycles. The Balaban J connectivity index is 2.43. The molecule has 1 N–H and O–H groups in total. The van der Waals surface area contributed by atoms with Gasteiger partial charge in [-0.1, -0.05) is 11.3 Å². The molecule has 0 aliphatic heterocycles. The topological polar surface area (TPSA) is 94.3 Å². The van der Waals surface area contributed by atoms with Crippen LogP contribution in [0.25, 0.3) is 5.13 Å². The Labute approximate surface area is 131 Å². The van der Waals surface area contributed by atoms with Crippen LogP contribution >= 0.6 is 11.3 Å². The average Bonchev–Trinajstić information content (AvgIpc) is 3.16. The Morgan fingerprint density at radius 1 is 1.23 bits per heavy atom. The van der Waals surface area contributed by atoms with E-state index in [0.717, 1.165) is 11.3 Å². The van der Waals surface area contributed by atoms with Gasteiger partial charge < -0.3 is 14.0 Å². The van der Waals surface area contributed by atoms with Gasteiger partial charge in [0.1, 0.15) is 10.6 Å². The van der Waals surface area contributed by atoms with Crippen molar-refractivity contribution in [2.24, 2.45) is 0 Å². The number of nitrogens with zero attached hydrogens (tertiary/aromatic N) is 2. The van der Waals surface area contributed by atoms with Crippen molar-refractivity contribution in [2.75, 3.05) is 13.2 Å². The number of hydrogen-bond acceptors (Lipinski definition) is 7. The molecular weight excluding hydrogens is 306 g/mol. The highest BCUT2D eigenvalue weighted by Crippen LogP contribution is 2.24. The standard InChI is InChI=1S/C14H15N3O4S/c1-3-20-12(18)9(15)10-11(13(19)21-4-2)22-14(16-10)17-7-5-6-8-17/h5-8,15H,3-4H2,1-2H3. The molecule has 22 heavy (non-hydrogen) atoms. The number of carbonyl (C=O) groups excluding carboxylic acids is 2. The van der Waals surface area contributed by atoms with E-state index >= 15 is 0 Å². The van der Waals surface area contributed by atoms with Crippen LogP contribution < -0.4 is 0 Å². The van der Waals surface area contributed by atoms with Crippen LogP contribution in [0.2, 0.25) is 0 Å². The second kappa shape index (κ2) is 6.99. The van der Waals surface area contributed by atoms with Gasteiger partial charge in [0.05, 0.1) is 13.2 Å². The van der Waals surface area contributed by atoms with Gasteiger partial charge in [-0.15, -0.1) is 0 Å². The lowest BCUT2D eigenvalue weighted by molar-refractivity contribution is -0.135. The van der Waals surface area contributed by atoms with E-state index in [1.54, 1.807) is 30.8 Å². The summed E-state index contributed by atoms with van der Waals surface area (Å²) in [6.07, 6.45) is 3.51. The highest BCUT2D eigenvalue weighted by atomic mass is 32.1. The summed E-state index contributed by atoms with van der Waals surface area (Å²) in [5.74, 6) is -1.43. The number of esters is 2. The predicted molar refractivity (Wildman–Crippen MR) is 80.9 cm³/mol. The third-order valence-electron chi connectivity index (χ3n) is 2.62. The van der Waals surface area contributed by atoms with Crippen LogP contribution in [0.4, 0.5) is 0 Å². The molecule has 0 fully saturated rings. The van der Waals surface area contributed by atoms with Crippen LogP contribution in [-0.4, -0.2) is 40.4 Å². The normalized spacial score (nSPS) is 10.3. The molecule has 0 saturated carbocycles. The van der Waals surface area contributed by atoms with Gasteiger partial charge in [0.25, 0.3) is 0 Å². The fourth-order valence-electron chi connectivity index (χ4n) is 1.69. The maximum absolute atomic E-state index is 12.0. The van der Waals surface area contributed by atoms with Crippen molar-refractivity contribution >= 4 is 29.0 Å². The van der Waals surface area contributed by atoms with Crippen molar-refractivity contribution in [1.82, 2.24) is 9.55 Å². The number of carbonyl (C=O) groups is 2. The van der Waals surface area contributed by atoms with E-state index in [9.17, 15) is 9.59 Å². The minimum atomic E-state index is -0.822. The summed E-state index contributed by atoms with van der Waals surface area (Å²) in [7, 11) is 0. The number of nitrogens with one attached hydrogen (secondary N) is 1. The SMILES string of the molecule is CCOC(=O)C(=N)c1nc(-n2cccc2)sc1C(=O)OCC. The number of ether oxygens (including phenoxy) is 2. The van der Waals surface area contributed by atoms with Crippen molar-refractivity contribution in [2.45, 2.75) is 13.8 Å². The van der Waals surface area contributed by atoms with Crippen LogP contribution in [0, 0.1) is 5.41 Å². The van der Waals surface area contributed by atoms with Gasteiger partial charge >= 0.3 is 11.9 Å². The van der Waals surface area contributed by atoms with Crippen molar-refractivity contribution in [1.29, 1.82) is 5.41 Å². The highest BCUT2D eigenvalue weighted by molar-refractivity contribution is 7.16. The molecule has 2 rings (SSSR count). The van der Waals surface area contributed by atoms with E-state index in [1.165, 1.54) is 0 Å². The fraction of sp³-hybridized carbons (Fsp3) is 0.286. The molecule has 0 aliphatic rings. The monoisotopic (exact) mass is 321 g/mol. The first kappa shape index (κ1) is 15.9. The second-order valence-corrected chi connectivity index (χ2v) is 5.06. The lowest BCUT2D eigenvalue weighted by Gasteiger charge is -2.03. The van der Waals surface area contributed by atoms with Crippen molar-refractivity contribution in [3.63, 3.8) is 0 Å². The second-order valence-electron chi connectivity index (χ2n) is 4.08. The van der Waals surface area contributed by atoms with Crippen LogP contribution in [-0.2, 0) is 14.3 Å². The fourth-order valence-corrected chi connectivity index (χ4v) is 2.62. The summed E-state index contributed by atoms with van der Waals surface area (Å²) in [5.41, 5.74) is -0.481. The number of hydrogen-bond donors (Lipinski definition) is 1. The van der Waals surface area contributed by atoms with E-state index in [2.05, 4.69) is 4.98 Å². The third-order valence-corrected chi connectivity index (χ3v) is 3.67. The Morgan fingerprint density at radius 3 is 2.45 bits per heavy atom. The summed E-state index contributed by atoms with van der Waals surface area (Å²) in [4.78, 5) is 28.1. The zero-order valence-corrected chi connectivity index (χ0v) is 13.0. The van der Waals surface area contributed by atoms with E-state index in [-0.39, 0.29) is 23.8 Å². The largest absolute Gasteiger partial charge is 0.462 e. The molecule has 0 aliphatic carbocycles. The lowest BCUT2D eigenvalue weighted by Crippen LogP contribution is -2.20. The maximum atomic E-state index is 12.0. The quantitative estimate of drug-likeness (QED) is 0.649. The van der Waals surface area contributed by atoms with Gasteiger partial charge in [-0.3, -0.25) is 5.41 Å². The molecule has 2 heterocycles. The first-order valence-electron chi connectivity index (χ1n) is 6.65. The molecule has 0 atom stereocenters. The number of aromatic nitrogens is 2. The van der Waals surface area contributed by atoms with E-state index in [0.29, 0.717) is 5.13 Å². The first-order chi connectivity index (χ1) is 10.6. The van der Waals surface area contributed by atoms with Gasteiger partial charge in [0.15, 0.2) is 10.8 Å². The molecule has 0 unspecified atom stereocenters. The summed E-state index contributed by atoms with van der Waals surface area (Å²) in [6, 6.07) is 3.61. The summed E-state index contributed by atoms with van der Waals surface area (Å²) in [5, 5.41) is 8.37. The molecule has 116 valence electrons. The van der Waals surface area contributed by atoms with Crippen molar-refractivity contribution < 1.29 is 19.1 Å². The van der Waals surface area contributed by atoms with Gasteiger partial charge in [-0.2, -0.15) is 0 Å². The van der Waals surface area contributed by atoms with Crippen LogP contribution in [0.15, 0.2) is 24.5 Å². The van der Waals surface area contributed by atoms with E-state index < -0.39 is 17.7 Å². The molecule has 0 bridgehead atoms. The molecule has 0 spiro atoms. The Morgan fingerprint density at radius 2 is 1.86 bits per heavy atom. The highest BCUT2D eigenvalue weighted by Gasteiger charge is 2.27. The van der Waals surface area contributed by atoms with Gasteiger partial charge in [0, 0.05) is 12.4 Å². The van der Waals surface area contributed by atoms with Crippen LogP contribution in [0.1, 0.15) is 29.2 Å². The maximum Gasteiger partial charge on any atom is 0.358 e. The molecule has 0 radical (unpaired) electrons. The molecule has 2 aromatic rings. The summed E-state index contributed by atoms with van der Waals surface area (Å²) < 4.78 is 11.4. The minimum absolute atomic E-state index is 0.0226. The van der Waals surface area contributed by atoms with Crippen molar-refractivity contribution in [3.8, 4) is 5.13 Å². The lowest BCUT2D eigenvalue weighted by atomic mass is 10.2. The number of thiazole rings is 1. The van der Waals surface area contributed by atoms with Gasteiger partial charge in [0.2, 0.25) is 0 Å². The molecule has 2 aromatic heterocycles. The molecule has 7 nitrogen and oxygen atoms in total. The minimum Gasteiger partial charge on any atom is -0.462 e. The smallest absolute Gasteiger partial charge is 0.358 e.